The fourth-order valence-corrected chi connectivity index (χ4v) is 3.63. The number of para-hydroxylation sites is 1. The van der Waals surface area contributed by atoms with E-state index in [1.54, 1.807) is 0 Å². The third-order valence-corrected chi connectivity index (χ3v) is 4.89. The van der Waals surface area contributed by atoms with Crippen LogP contribution >= 0.6 is 0 Å². The molecule has 2 heterocycles. The molecule has 1 aliphatic heterocycles. The molecule has 0 spiro atoms. The van der Waals surface area contributed by atoms with Gasteiger partial charge in [0.15, 0.2) is 0 Å². The number of benzene rings is 1. The van der Waals surface area contributed by atoms with Crippen molar-refractivity contribution in [3.63, 3.8) is 0 Å². The van der Waals surface area contributed by atoms with Crippen LogP contribution in [0.2, 0.25) is 0 Å². The molecule has 0 amide bonds. The zero-order chi connectivity index (χ0) is 14.9. The third kappa shape index (κ3) is 3.45. The molecule has 0 unspecified atom stereocenters. The minimum Gasteiger partial charge on any atom is -0.357 e. The van der Waals surface area contributed by atoms with Crippen molar-refractivity contribution in [3.8, 4) is 0 Å². The summed E-state index contributed by atoms with van der Waals surface area (Å²) in [5.74, 6) is -0.140. The van der Waals surface area contributed by atoms with Gasteiger partial charge in [0.2, 0.25) is 0 Å². The summed E-state index contributed by atoms with van der Waals surface area (Å²) in [6.45, 7) is 2.75. The van der Waals surface area contributed by atoms with E-state index < -0.39 is 10.1 Å². The number of unbranched alkanes of at least 4 members (excludes halogenated alkanes) is 1. The Labute approximate surface area is 124 Å². The van der Waals surface area contributed by atoms with Gasteiger partial charge in [0.05, 0.1) is 5.75 Å². The molecule has 2 aromatic rings. The van der Waals surface area contributed by atoms with Gasteiger partial charge in [-0.05, 0) is 37.4 Å². The van der Waals surface area contributed by atoms with Crippen LogP contribution in [0, 0.1) is 0 Å². The lowest BCUT2D eigenvalue weighted by atomic mass is 10.0. The zero-order valence-electron chi connectivity index (χ0n) is 11.9. The predicted molar refractivity (Wildman–Crippen MR) is 82.9 cm³/mol. The molecule has 6 heteroatoms. The van der Waals surface area contributed by atoms with E-state index in [1.807, 2.05) is 6.07 Å². The molecule has 114 valence electrons. The van der Waals surface area contributed by atoms with E-state index in [-0.39, 0.29) is 5.75 Å². The Kier molecular flexibility index (Phi) is 4.01. The van der Waals surface area contributed by atoms with E-state index in [9.17, 15) is 8.42 Å². The molecule has 5 nitrogen and oxygen atoms in total. The standard InChI is InChI=1S/C15H20N2O3S/c18-21(19,20)10-4-3-8-17-9-7-13-12-5-1-2-6-14(12)16-15(13)11-17/h1-2,5-6,16H,3-4,7-11H2,(H,18,19,20). The lowest BCUT2D eigenvalue weighted by molar-refractivity contribution is 0.248. The Morgan fingerprint density at radius 1 is 1.24 bits per heavy atom. The summed E-state index contributed by atoms with van der Waals surface area (Å²) in [5.41, 5.74) is 3.88. The van der Waals surface area contributed by atoms with Crippen molar-refractivity contribution in [1.82, 2.24) is 9.88 Å². The van der Waals surface area contributed by atoms with Crippen LogP contribution in [0.15, 0.2) is 24.3 Å². The number of nitrogens with one attached hydrogen (secondary N) is 1. The van der Waals surface area contributed by atoms with Crippen LogP contribution in [0.1, 0.15) is 24.1 Å². The second-order valence-corrected chi connectivity index (χ2v) is 7.22. The molecule has 1 aromatic heterocycles. The van der Waals surface area contributed by atoms with Gasteiger partial charge in [-0.25, -0.2) is 0 Å². The van der Waals surface area contributed by atoms with E-state index in [0.717, 1.165) is 32.5 Å². The highest BCUT2D eigenvalue weighted by atomic mass is 32.2. The van der Waals surface area contributed by atoms with Crippen molar-refractivity contribution < 1.29 is 13.0 Å². The smallest absolute Gasteiger partial charge is 0.264 e. The zero-order valence-corrected chi connectivity index (χ0v) is 12.7. The first kappa shape index (κ1) is 14.6. The number of nitrogens with zero attached hydrogens (tertiary/aromatic N) is 1. The van der Waals surface area contributed by atoms with Crippen molar-refractivity contribution in [2.75, 3.05) is 18.8 Å². The lowest BCUT2D eigenvalue weighted by Crippen LogP contribution is -2.31. The summed E-state index contributed by atoms with van der Waals surface area (Å²) in [6, 6.07) is 8.37. The quantitative estimate of drug-likeness (QED) is 0.656. The molecular formula is C15H20N2O3S. The molecule has 1 aromatic carbocycles. The second-order valence-electron chi connectivity index (χ2n) is 5.65. The topological polar surface area (TPSA) is 73.4 Å². The van der Waals surface area contributed by atoms with E-state index in [4.69, 9.17) is 4.55 Å². The van der Waals surface area contributed by atoms with Crippen molar-refractivity contribution >= 4 is 21.0 Å². The Bertz CT molecular complexity index is 736. The molecule has 0 saturated carbocycles. The number of aromatic nitrogens is 1. The number of aromatic amines is 1. The highest BCUT2D eigenvalue weighted by Gasteiger charge is 2.19. The van der Waals surface area contributed by atoms with Gasteiger partial charge in [0.25, 0.3) is 10.1 Å². The van der Waals surface area contributed by atoms with Crippen LogP contribution in [-0.4, -0.2) is 41.7 Å². The first-order valence-electron chi connectivity index (χ1n) is 7.29. The SMILES string of the molecule is O=S(=O)(O)CCCCN1CCc2c([nH]c3ccccc23)C1. The van der Waals surface area contributed by atoms with Crippen LogP contribution in [0.25, 0.3) is 10.9 Å². The van der Waals surface area contributed by atoms with Crippen LogP contribution < -0.4 is 0 Å². The van der Waals surface area contributed by atoms with Crippen LogP contribution in [-0.2, 0) is 23.1 Å². The average Bonchev–Trinajstić information content (AvgIpc) is 2.80. The highest BCUT2D eigenvalue weighted by Crippen LogP contribution is 2.27. The van der Waals surface area contributed by atoms with Gasteiger partial charge >= 0.3 is 0 Å². The van der Waals surface area contributed by atoms with Crippen LogP contribution in [0.3, 0.4) is 0 Å². The molecular weight excluding hydrogens is 288 g/mol. The summed E-state index contributed by atoms with van der Waals surface area (Å²) in [5, 5.41) is 1.32. The van der Waals surface area contributed by atoms with Gasteiger partial charge in [-0.15, -0.1) is 0 Å². The van der Waals surface area contributed by atoms with Gasteiger partial charge in [0, 0.05) is 29.7 Å². The normalized spacial score (nSPS) is 16.2. The Morgan fingerprint density at radius 2 is 2.05 bits per heavy atom. The number of H-pyrrole nitrogens is 1. The van der Waals surface area contributed by atoms with E-state index in [0.29, 0.717) is 6.42 Å². The molecule has 2 N–H and O–H groups in total. The number of rotatable bonds is 5. The molecule has 0 bridgehead atoms. The summed E-state index contributed by atoms with van der Waals surface area (Å²) in [7, 11) is -3.82. The molecule has 3 rings (SSSR count). The maximum absolute atomic E-state index is 10.7. The molecule has 0 saturated heterocycles. The molecule has 0 radical (unpaired) electrons. The molecule has 0 atom stereocenters. The third-order valence-electron chi connectivity index (χ3n) is 4.09. The summed E-state index contributed by atoms with van der Waals surface area (Å²) < 4.78 is 30.1. The van der Waals surface area contributed by atoms with Crippen LogP contribution in [0.4, 0.5) is 0 Å². The van der Waals surface area contributed by atoms with E-state index in [1.165, 1.54) is 22.2 Å². The highest BCUT2D eigenvalue weighted by molar-refractivity contribution is 7.85. The molecule has 0 fully saturated rings. The first-order valence-corrected chi connectivity index (χ1v) is 8.90. The fourth-order valence-electron chi connectivity index (χ4n) is 3.06. The summed E-state index contributed by atoms with van der Waals surface area (Å²) in [4.78, 5) is 5.82. The minimum atomic E-state index is -3.82. The monoisotopic (exact) mass is 308 g/mol. The largest absolute Gasteiger partial charge is 0.357 e. The average molecular weight is 308 g/mol. The van der Waals surface area contributed by atoms with Crippen molar-refractivity contribution in [2.24, 2.45) is 0 Å². The maximum Gasteiger partial charge on any atom is 0.264 e. The summed E-state index contributed by atoms with van der Waals surface area (Å²) >= 11 is 0. The van der Waals surface area contributed by atoms with E-state index in [2.05, 4.69) is 28.1 Å². The number of hydrogen-bond acceptors (Lipinski definition) is 3. The Morgan fingerprint density at radius 3 is 2.86 bits per heavy atom. The van der Waals surface area contributed by atoms with Gasteiger partial charge < -0.3 is 4.98 Å². The van der Waals surface area contributed by atoms with Crippen molar-refractivity contribution in [3.05, 3.63) is 35.5 Å². The van der Waals surface area contributed by atoms with Gasteiger partial charge in [-0.1, -0.05) is 18.2 Å². The number of hydrogen-bond donors (Lipinski definition) is 2. The lowest BCUT2D eigenvalue weighted by Gasteiger charge is -2.26. The number of fused-ring (bicyclic) bond motifs is 3. The van der Waals surface area contributed by atoms with Crippen molar-refractivity contribution in [2.45, 2.75) is 25.8 Å². The predicted octanol–water partition coefficient (Wildman–Crippen LogP) is 2.19. The second kappa shape index (κ2) is 5.79. The first-order chi connectivity index (χ1) is 10.0. The minimum absolute atomic E-state index is 0.140. The molecule has 0 aliphatic carbocycles. The van der Waals surface area contributed by atoms with E-state index >= 15 is 0 Å². The Balaban J connectivity index is 1.60. The summed E-state index contributed by atoms with van der Waals surface area (Å²) in [6.07, 6.45) is 2.32. The fraction of sp³-hybridized carbons (Fsp3) is 0.467. The van der Waals surface area contributed by atoms with Gasteiger partial charge in [-0.2, -0.15) is 8.42 Å². The van der Waals surface area contributed by atoms with Crippen molar-refractivity contribution in [1.29, 1.82) is 0 Å². The molecule has 21 heavy (non-hydrogen) atoms. The van der Waals surface area contributed by atoms with Gasteiger partial charge in [0.1, 0.15) is 0 Å². The van der Waals surface area contributed by atoms with Crippen LogP contribution in [0.5, 0.6) is 0 Å². The molecule has 1 aliphatic rings. The maximum atomic E-state index is 10.7. The Hall–Kier alpha value is -1.37. The van der Waals surface area contributed by atoms with Gasteiger partial charge in [-0.3, -0.25) is 9.45 Å².